The van der Waals surface area contributed by atoms with E-state index in [0.29, 0.717) is 58.8 Å². The Morgan fingerprint density at radius 2 is 1.29 bits per heavy atom. The van der Waals surface area contributed by atoms with Crippen LogP contribution in [0.5, 0.6) is 0 Å². The zero-order chi connectivity index (χ0) is 25.4. The summed E-state index contributed by atoms with van der Waals surface area (Å²) >= 11 is 0. The van der Waals surface area contributed by atoms with Crippen molar-refractivity contribution in [2.45, 2.75) is 38.1 Å². The molecule has 0 aromatic rings. The SMILES string of the molecule is O=C(O)CC[C@H](NC(=O)NCCCCCNC(=O)OCCOCCOCCOCCO)C(=O)O. The smallest absolute Gasteiger partial charge is 0.407 e. The predicted octanol–water partition coefficient (Wildman–Crippen LogP) is -0.458. The number of unbranched alkanes of at least 4 members (excludes halogenated alkanes) is 2. The normalized spacial score (nSPS) is 11.4. The lowest BCUT2D eigenvalue weighted by Gasteiger charge is -2.14. The van der Waals surface area contributed by atoms with Crippen molar-refractivity contribution in [2.24, 2.45) is 0 Å². The number of amides is 3. The molecule has 34 heavy (non-hydrogen) atoms. The first-order valence-corrected chi connectivity index (χ1v) is 11.1. The Morgan fingerprint density at radius 1 is 0.735 bits per heavy atom. The second-order valence-electron chi connectivity index (χ2n) is 6.91. The van der Waals surface area contributed by atoms with Crippen molar-refractivity contribution in [2.75, 3.05) is 65.9 Å². The van der Waals surface area contributed by atoms with Gasteiger partial charge in [0.1, 0.15) is 12.6 Å². The van der Waals surface area contributed by atoms with Crippen molar-refractivity contribution in [3.05, 3.63) is 0 Å². The molecule has 0 heterocycles. The van der Waals surface area contributed by atoms with Crippen molar-refractivity contribution in [3.63, 3.8) is 0 Å². The van der Waals surface area contributed by atoms with Crippen LogP contribution in [0.2, 0.25) is 0 Å². The minimum atomic E-state index is -1.30. The third kappa shape index (κ3) is 21.2. The summed E-state index contributed by atoms with van der Waals surface area (Å²) in [7, 11) is 0. The fourth-order valence-electron chi connectivity index (χ4n) is 2.40. The molecule has 0 saturated carbocycles. The first kappa shape index (κ1) is 31.3. The number of urea groups is 1. The molecule has 0 bridgehead atoms. The summed E-state index contributed by atoms with van der Waals surface area (Å²) in [5.41, 5.74) is 0. The number of hydrogen-bond donors (Lipinski definition) is 6. The van der Waals surface area contributed by atoms with Gasteiger partial charge in [-0.1, -0.05) is 0 Å². The van der Waals surface area contributed by atoms with Gasteiger partial charge in [-0.3, -0.25) is 4.79 Å². The number of carboxylic acids is 2. The molecule has 0 aromatic heterocycles. The Hall–Kier alpha value is -2.68. The van der Waals surface area contributed by atoms with Crippen LogP contribution in [0.4, 0.5) is 9.59 Å². The predicted molar refractivity (Wildman–Crippen MR) is 118 cm³/mol. The number of carbonyl (C=O) groups excluding carboxylic acids is 2. The summed E-state index contributed by atoms with van der Waals surface area (Å²) < 4.78 is 20.5. The van der Waals surface area contributed by atoms with Crippen LogP contribution in [0.3, 0.4) is 0 Å². The largest absolute Gasteiger partial charge is 0.481 e. The van der Waals surface area contributed by atoms with E-state index in [2.05, 4.69) is 16.0 Å². The maximum Gasteiger partial charge on any atom is 0.407 e. The molecule has 198 valence electrons. The summed E-state index contributed by atoms with van der Waals surface area (Å²) in [5, 5.41) is 33.4. The second kappa shape index (κ2) is 22.1. The number of hydrogen-bond acceptors (Lipinski definition) is 9. The van der Waals surface area contributed by atoms with Crippen LogP contribution < -0.4 is 16.0 Å². The lowest BCUT2D eigenvalue weighted by atomic mass is 10.1. The monoisotopic (exact) mass is 495 g/mol. The van der Waals surface area contributed by atoms with Crippen LogP contribution in [0, 0.1) is 0 Å². The van der Waals surface area contributed by atoms with Gasteiger partial charge in [-0.2, -0.15) is 0 Å². The standard InChI is InChI=1S/C20H37N3O11/c24-8-9-31-10-11-32-12-13-33-14-15-34-20(30)22-7-3-1-2-6-21-19(29)23-16(18(27)28)4-5-17(25)26/h16,24H,1-15H2,(H,22,30)(H,25,26)(H,27,28)(H2,21,23,29)/t16-/m0/s1. The van der Waals surface area contributed by atoms with Gasteiger partial charge in [-0.15, -0.1) is 0 Å². The van der Waals surface area contributed by atoms with Gasteiger partial charge in [-0.25, -0.2) is 14.4 Å². The third-order valence-electron chi connectivity index (χ3n) is 4.10. The number of nitrogens with one attached hydrogen (secondary N) is 3. The summed E-state index contributed by atoms with van der Waals surface area (Å²) in [4.78, 5) is 44.8. The molecule has 0 radical (unpaired) electrons. The summed E-state index contributed by atoms with van der Waals surface area (Å²) in [6, 6.07) is -1.95. The number of aliphatic carboxylic acids is 2. The maximum absolute atomic E-state index is 11.7. The maximum atomic E-state index is 11.7. The molecule has 1 atom stereocenters. The molecule has 0 aliphatic rings. The number of carboxylic acid groups (broad SMARTS) is 2. The minimum Gasteiger partial charge on any atom is -0.481 e. The molecule has 6 N–H and O–H groups in total. The first-order chi connectivity index (χ1) is 16.4. The molecule has 0 aromatic carbocycles. The molecular weight excluding hydrogens is 458 g/mol. The average molecular weight is 496 g/mol. The molecule has 14 nitrogen and oxygen atoms in total. The minimum absolute atomic E-state index is 0.0218. The topological polar surface area (TPSA) is 202 Å². The van der Waals surface area contributed by atoms with E-state index in [1.165, 1.54) is 0 Å². The van der Waals surface area contributed by atoms with Crippen LogP contribution in [0.15, 0.2) is 0 Å². The lowest BCUT2D eigenvalue weighted by molar-refractivity contribution is -0.140. The molecule has 0 unspecified atom stereocenters. The fraction of sp³-hybridized carbons (Fsp3) is 0.800. The second-order valence-corrected chi connectivity index (χ2v) is 6.91. The lowest BCUT2D eigenvalue weighted by Crippen LogP contribution is -2.46. The molecule has 0 aliphatic heterocycles. The first-order valence-electron chi connectivity index (χ1n) is 11.1. The zero-order valence-corrected chi connectivity index (χ0v) is 19.3. The number of aliphatic hydroxyl groups excluding tert-OH is 1. The average Bonchev–Trinajstić information content (AvgIpc) is 2.79. The van der Waals surface area contributed by atoms with Crippen molar-refractivity contribution < 1.29 is 53.4 Å². The number of rotatable bonds is 22. The van der Waals surface area contributed by atoms with Crippen LogP contribution in [0.25, 0.3) is 0 Å². The van der Waals surface area contributed by atoms with E-state index >= 15 is 0 Å². The van der Waals surface area contributed by atoms with Crippen LogP contribution in [0.1, 0.15) is 32.1 Å². The van der Waals surface area contributed by atoms with Crippen molar-refractivity contribution in [1.29, 1.82) is 0 Å². The Balaban J connectivity index is 3.52. The van der Waals surface area contributed by atoms with E-state index in [9.17, 15) is 19.2 Å². The quantitative estimate of drug-likeness (QED) is 0.106. The Bertz CT molecular complexity index is 578. The van der Waals surface area contributed by atoms with E-state index in [4.69, 9.17) is 34.3 Å². The zero-order valence-electron chi connectivity index (χ0n) is 19.3. The molecule has 14 heteroatoms. The highest BCUT2D eigenvalue weighted by atomic mass is 16.6. The third-order valence-corrected chi connectivity index (χ3v) is 4.10. The van der Waals surface area contributed by atoms with Crippen LogP contribution in [-0.4, -0.2) is 111 Å². The summed E-state index contributed by atoms with van der Waals surface area (Å²) in [5.74, 6) is -2.44. The molecule has 0 aliphatic carbocycles. The summed E-state index contributed by atoms with van der Waals surface area (Å²) in [6.07, 6.45) is 0.849. The molecular formula is C20H37N3O11. The fourth-order valence-corrected chi connectivity index (χ4v) is 2.40. The number of carbonyl (C=O) groups is 4. The van der Waals surface area contributed by atoms with Gasteiger partial charge < -0.3 is 50.2 Å². The van der Waals surface area contributed by atoms with Gasteiger partial charge >= 0.3 is 24.1 Å². The highest BCUT2D eigenvalue weighted by molar-refractivity contribution is 5.82. The van der Waals surface area contributed by atoms with Crippen molar-refractivity contribution in [3.8, 4) is 0 Å². The van der Waals surface area contributed by atoms with Crippen molar-refractivity contribution in [1.82, 2.24) is 16.0 Å². The Labute approximate surface area is 198 Å². The van der Waals surface area contributed by atoms with Crippen LogP contribution in [-0.2, 0) is 28.5 Å². The van der Waals surface area contributed by atoms with E-state index in [1.807, 2.05) is 0 Å². The van der Waals surface area contributed by atoms with E-state index < -0.39 is 30.1 Å². The molecule has 3 amide bonds. The molecule has 0 saturated heterocycles. The molecule has 0 rings (SSSR count). The van der Waals surface area contributed by atoms with E-state index in [-0.39, 0.29) is 39.3 Å². The molecule has 0 fully saturated rings. The van der Waals surface area contributed by atoms with Gasteiger partial charge in [0.2, 0.25) is 0 Å². The summed E-state index contributed by atoms with van der Waals surface area (Å²) in [6.45, 7) is 2.86. The van der Waals surface area contributed by atoms with Gasteiger partial charge in [0.05, 0.1) is 46.2 Å². The van der Waals surface area contributed by atoms with E-state index in [0.717, 1.165) is 0 Å². The van der Waals surface area contributed by atoms with Gasteiger partial charge in [0.25, 0.3) is 0 Å². The van der Waals surface area contributed by atoms with Crippen LogP contribution >= 0.6 is 0 Å². The Morgan fingerprint density at radius 3 is 1.85 bits per heavy atom. The van der Waals surface area contributed by atoms with Gasteiger partial charge in [0, 0.05) is 19.5 Å². The van der Waals surface area contributed by atoms with Gasteiger partial charge in [0.15, 0.2) is 0 Å². The highest BCUT2D eigenvalue weighted by Gasteiger charge is 2.20. The number of ether oxygens (including phenoxy) is 4. The molecule has 0 spiro atoms. The number of aliphatic hydroxyl groups is 1. The van der Waals surface area contributed by atoms with Crippen molar-refractivity contribution >= 4 is 24.1 Å². The van der Waals surface area contributed by atoms with E-state index in [1.54, 1.807) is 0 Å². The number of alkyl carbamates (subject to hydrolysis) is 1. The Kier molecular flexibility index (Phi) is 20.4. The van der Waals surface area contributed by atoms with Gasteiger partial charge in [-0.05, 0) is 25.7 Å². The highest BCUT2D eigenvalue weighted by Crippen LogP contribution is 1.98.